The number of aryl methyl sites for hydroxylation is 1. The summed E-state index contributed by atoms with van der Waals surface area (Å²) in [4.78, 5) is 25.1. The van der Waals surface area contributed by atoms with Crippen molar-refractivity contribution in [2.45, 2.75) is 37.7 Å². The molecule has 0 radical (unpaired) electrons. The van der Waals surface area contributed by atoms with E-state index in [1.54, 1.807) is 24.3 Å². The Balaban J connectivity index is 1.52. The standard InChI is InChI=1S/C17H21NO4/c19-15(18-10-11-22-17(12-18)8-1-9-17)7-4-13-2-5-14(6-3-13)16(20)21/h2-3,5-6H,1,4,7-12H2,(H,20,21). The van der Waals surface area contributed by atoms with Crippen LogP contribution in [0.5, 0.6) is 0 Å². The van der Waals surface area contributed by atoms with Gasteiger partial charge < -0.3 is 14.7 Å². The Morgan fingerprint density at radius 1 is 1.23 bits per heavy atom. The van der Waals surface area contributed by atoms with Gasteiger partial charge in [0.05, 0.1) is 17.8 Å². The van der Waals surface area contributed by atoms with E-state index < -0.39 is 5.97 Å². The van der Waals surface area contributed by atoms with Gasteiger partial charge in [0.15, 0.2) is 0 Å². The second kappa shape index (κ2) is 6.08. The van der Waals surface area contributed by atoms with Crippen molar-refractivity contribution >= 4 is 11.9 Å². The molecule has 1 aliphatic carbocycles. The van der Waals surface area contributed by atoms with E-state index in [9.17, 15) is 9.59 Å². The SMILES string of the molecule is O=C(O)c1ccc(CCC(=O)N2CCOC3(CCC3)C2)cc1. The van der Waals surface area contributed by atoms with E-state index in [2.05, 4.69) is 0 Å². The number of aromatic carboxylic acids is 1. The van der Waals surface area contributed by atoms with Crippen LogP contribution in [0.2, 0.25) is 0 Å². The van der Waals surface area contributed by atoms with E-state index in [0.717, 1.165) is 24.9 Å². The van der Waals surface area contributed by atoms with Crippen molar-refractivity contribution in [3.63, 3.8) is 0 Å². The molecule has 0 unspecified atom stereocenters. The number of hydrogen-bond acceptors (Lipinski definition) is 3. The van der Waals surface area contributed by atoms with Crippen LogP contribution in [0.4, 0.5) is 0 Å². The molecule has 1 N–H and O–H groups in total. The Kier molecular flexibility index (Phi) is 4.16. The second-order valence-corrected chi connectivity index (χ2v) is 6.20. The average molecular weight is 303 g/mol. The lowest BCUT2D eigenvalue weighted by Crippen LogP contribution is -2.57. The summed E-state index contributed by atoms with van der Waals surface area (Å²) < 4.78 is 5.83. The van der Waals surface area contributed by atoms with Crippen LogP contribution in [0.3, 0.4) is 0 Å². The minimum atomic E-state index is -0.929. The highest BCUT2D eigenvalue weighted by Crippen LogP contribution is 2.38. The second-order valence-electron chi connectivity index (χ2n) is 6.20. The van der Waals surface area contributed by atoms with Gasteiger partial charge in [-0.1, -0.05) is 12.1 Å². The number of morpholine rings is 1. The van der Waals surface area contributed by atoms with Crippen LogP contribution < -0.4 is 0 Å². The van der Waals surface area contributed by atoms with Gasteiger partial charge in [-0.3, -0.25) is 4.79 Å². The maximum absolute atomic E-state index is 12.4. The summed E-state index contributed by atoms with van der Waals surface area (Å²) in [6.07, 6.45) is 4.42. The predicted octanol–water partition coefficient (Wildman–Crippen LogP) is 2.10. The van der Waals surface area contributed by atoms with Crippen LogP contribution in [0.25, 0.3) is 0 Å². The summed E-state index contributed by atoms with van der Waals surface area (Å²) in [5, 5.41) is 8.87. The highest BCUT2D eigenvalue weighted by atomic mass is 16.5. The fourth-order valence-electron chi connectivity index (χ4n) is 3.15. The molecular weight excluding hydrogens is 282 g/mol. The van der Waals surface area contributed by atoms with Gasteiger partial charge in [0, 0.05) is 19.5 Å². The molecule has 0 aromatic heterocycles. The van der Waals surface area contributed by atoms with Crippen molar-refractivity contribution in [1.29, 1.82) is 0 Å². The third-order valence-electron chi connectivity index (χ3n) is 4.69. The lowest BCUT2D eigenvalue weighted by Gasteiger charge is -2.48. The number of nitrogens with zero attached hydrogens (tertiary/aromatic N) is 1. The maximum atomic E-state index is 12.4. The van der Waals surface area contributed by atoms with Crippen molar-refractivity contribution in [2.24, 2.45) is 0 Å². The smallest absolute Gasteiger partial charge is 0.335 e. The van der Waals surface area contributed by atoms with E-state index in [4.69, 9.17) is 9.84 Å². The number of rotatable bonds is 4. The average Bonchev–Trinajstić information content (AvgIpc) is 2.51. The predicted molar refractivity (Wildman–Crippen MR) is 80.8 cm³/mol. The normalized spacial score (nSPS) is 19.7. The molecule has 0 atom stereocenters. The molecule has 1 aromatic rings. The molecule has 0 bridgehead atoms. The molecule has 3 rings (SSSR count). The van der Waals surface area contributed by atoms with E-state index in [1.165, 1.54) is 6.42 Å². The topological polar surface area (TPSA) is 66.8 Å². The first-order valence-corrected chi connectivity index (χ1v) is 7.82. The first kappa shape index (κ1) is 15.0. The number of carbonyl (C=O) groups excluding carboxylic acids is 1. The Hall–Kier alpha value is -1.88. The van der Waals surface area contributed by atoms with Crippen molar-refractivity contribution < 1.29 is 19.4 Å². The Morgan fingerprint density at radius 2 is 1.95 bits per heavy atom. The van der Waals surface area contributed by atoms with Crippen LogP contribution in [-0.4, -0.2) is 47.2 Å². The lowest BCUT2D eigenvalue weighted by molar-refractivity contribution is -0.167. The number of carbonyl (C=O) groups is 2. The highest BCUT2D eigenvalue weighted by Gasteiger charge is 2.42. The van der Waals surface area contributed by atoms with Gasteiger partial charge in [-0.15, -0.1) is 0 Å². The summed E-state index contributed by atoms with van der Waals surface area (Å²) >= 11 is 0. The van der Waals surface area contributed by atoms with Gasteiger partial charge in [0.1, 0.15) is 0 Å². The van der Waals surface area contributed by atoms with Gasteiger partial charge in [0.25, 0.3) is 0 Å². The van der Waals surface area contributed by atoms with Gasteiger partial charge in [-0.05, 0) is 43.4 Å². The van der Waals surface area contributed by atoms with Crippen LogP contribution in [-0.2, 0) is 16.0 Å². The van der Waals surface area contributed by atoms with Gasteiger partial charge in [0.2, 0.25) is 5.91 Å². The fraction of sp³-hybridized carbons (Fsp3) is 0.529. The van der Waals surface area contributed by atoms with E-state index in [1.807, 2.05) is 4.90 Å². The van der Waals surface area contributed by atoms with Crippen LogP contribution >= 0.6 is 0 Å². The molecule has 1 saturated heterocycles. The first-order chi connectivity index (χ1) is 10.6. The summed E-state index contributed by atoms with van der Waals surface area (Å²) in [6.45, 7) is 2.04. The van der Waals surface area contributed by atoms with Crippen LogP contribution in [0.15, 0.2) is 24.3 Å². The first-order valence-electron chi connectivity index (χ1n) is 7.82. The minimum absolute atomic E-state index is 0.0585. The molecule has 1 spiro atoms. The molecular formula is C17H21NO4. The summed E-state index contributed by atoms with van der Waals surface area (Å²) in [5.41, 5.74) is 1.21. The number of carboxylic acid groups (broad SMARTS) is 1. The zero-order chi connectivity index (χ0) is 15.6. The van der Waals surface area contributed by atoms with E-state index >= 15 is 0 Å². The molecule has 1 heterocycles. The van der Waals surface area contributed by atoms with E-state index in [0.29, 0.717) is 26.0 Å². The van der Waals surface area contributed by atoms with Crippen molar-refractivity contribution in [2.75, 3.05) is 19.7 Å². The van der Waals surface area contributed by atoms with Gasteiger partial charge in [-0.25, -0.2) is 4.79 Å². The Labute approximate surface area is 129 Å². The van der Waals surface area contributed by atoms with Crippen molar-refractivity contribution in [3.8, 4) is 0 Å². The Bertz CT molecular complexity index is 563. The number of benzene rings is 1. The minimum Gasteiger partial charge on any atom is -0.478 e. The molecule has 1 amide bonds. The molecule has 1 saturated carbocycles. The Morgan fingerprint density at radius 3 is 2.55 bits per heavy atom. The lowest BCUT2D eigenvalue weighted by atomic mass is 9.79. The van der Waals surface area contributed by atoms with Crippen molar-refractivity contribution in [3.05, 3.63) is 35.4 Å². The zero-order valence-corrected chi connectivity index (χ0v) is 12.6. The molecule has 1 aromatic carbocycles. The third kappa shape index (κ3) is 3.14. The molecule has 2 fully saturated rings. The maximum Gasteiger partial charge on any atom is 0.335 e. The fourth-order valence-corrected chi connectivity index (χ4v) is 3.15. The summed E-state index contributed by atoms with van der Waals surface area (Å²) in [5.74, 6) is -0.765. The quantitative estimate of drug-likeness (QED) is 0.925. The number of amides is 1. The monoisotopic (exact) mass is 303 g/mol. The third-order valence-corrected chi connectivity index (χ3v) is 4.69. The highest BCUT2D eigenvalue weighted by molar-refractivity contribution is 5.87. The summed E-state index contributed by atoms with van der Waals surface area (Å²) in [7, 11) is 0. The largest absolute Gasteiger partial charge is 0.478 e. The number of hydrogen-bond donors (Lipinski definition) is 1. The number of ether oxygens (including phenoxy) is 1. The molecule has 1 aliphatic heterocycles. The zero-order valence-electron chi connectivity index (χ0n) is 12.6. The van der Waals surface area contributed by atoms with Gasteiger partial charge in [-0.2, -0.15) is 0 Å². The van der Waals surface area contributed by atoms with Crippen LogP contribution in [0.1, 0.15) is 41.6 Å². The van der Waals surface area contributed by atoms with Gasteiger partial charge >= 0.3 is 5.97 Å². The molecule has 5 nitrogen and oxygen atoms in total. The molecule has 118 valence electrons. The molecule has 2 aliphatic rings. The van der Waals surface area contributed by atoms with Crippen molar-refractivity contribution in [1.82, 2.24) is 4.90 Å². The molecule has 22 heavy (non-hydrogen) atoms. The molecule has 5 heteroatoms. The summed E-state index contributed by atoms with van der Waals surface area (Å²) in [6, 6.07) is 6.73. The number of carboxylic acids is 1. The van der Waals surface area contributed by atoms with Crippen LogP contribution in [0, 0.1) is 0 Å². The van der Waals surface area contributed by atoms with E-state index in [-0.39, 0.29) is 17.1 Å².